The molecular formula is C9H8N4S. The highest BCUT2D eigenvalue weighted by atomic mass is 32.1. The Hall–Kier alpha value is -1.62. The van der Waals surface area contributed by atoms with Crippen molar-refractivity contribution in [3.8, 4) is 0 Å². The Labute approximate surface area is 84.0 Å². The van der Waals surface area contributed by atoms with Crippen LogP contribution in [0.25, 0.3) is 21.1 Å². The van der Waals surface area contributed by atoms with Gasteiger partial charge in [-0.3, -0.25) is 5.10 Å². The predicted octanol–water partition coefficient (Wildman–Crippen LogP) is 2.21. The molecule has 0 bridgehead atoms. The van der Waals surface area contributed by atoms with Crippen molar-refractivity contribution in [3.63, 3.8) is 0 Å². The minimum absolute atomic E-state index is 0.939. The molecule has 0 saturated heterocycles. The summed E-state index contributed by atoms with van der Waals surface area (Å²) in [6.45, 7) is 0. The fraction of sp³-hybridized carbons (Fsp3) is 0.111. The second-order valence-electron chi connectivity index (χ2n) is 3.01. The topological polar surface area (TPSA) is 53.6 Å². The summed E-state index contributed by atoms with van der Waals surface area (Å²) >= 11 is 1.65. The molecular weight excluding hydrogens is 196 g/mol. The normalized spacial score (nSPS) is 11.2. The van der Waals surface area contributed by atoms with Gasteiger partial charge in [0.2, 0.25) is 0 Å². The zero-order valence-corrected chi connectivity index (χ0v) is 8.35. The fourth-order valence-electron chi connectivity index (χ4n) is 1.51. The number of hydrogen-bond donors (Lipinski definition) is 2. The first-order chi connectivity index (χ1) is 6.88. The van der Waals surface area contributed by atoms with Crippen LogP contribution in [0, 0.1) is 0 Å². The van der Waals surface area contributed by atoms with Crippen LogP contribution in [0.15, 0.2) is 18.3 Å². The minimum Gasteiger partial charge on any atom is -0.365 e. The summed E-state index contributed by atoms with van der Waals surface area (Å²) < 4.78 is 1.18. The highest BCUT2D eigenvalue weighted by Crippen LogP contribution is 2.31. The third-order valence-electron chi connectivity index (χ3n) is 2.19. The molecule has 0 unspecified atom stereocenters. The van der Waals surface area contributed by atoms with Crippen LogP contribution in [-0.4, -0.2) is 22.2 Å². The number of nitrogens with zero attached hydrogens (tertiary/aromatic N) is 2. The number of thiazole rings is 1. The molecule has 0 aliphatic rings. The number of aromatic amines is 1. The van der Waals surface area contributed by atoms with Crippen molar-refractivity contribution in [1.82, 2.24) is 15.2 Å². The zero-order chi connectivity index (χ0) is 9.54. The van der Waals surface area contributed by atoms with E-state index in [2.05, 4.69) is 20.5 Å². The highest BCUT2D eigenvalue weighted by molar-refractivity contribution is 7.23. The van der Waals surface area contributed by atoms with Crippen molar-refractivity contribution in [2.45, 2.75) is 0 Å². The van der Waals surface area contributed by atoms with Gasteiger partial charge >= 0.3 is 0 Å². The maximum absolute atomic E-state index is 4.43. The number of hydrogen-bond acceptors (Lipinski definition) is 4. The highest BCUT2D eigenvalue weighted by Gasteiger charge is 2.06. The molecule has 2 heterocycles. The van der Waals surface area contributed by atoms with Crippen molar-refractivity contribution >= 4 is 37.6 Å². The number of anilines is 1. The molecule has 0 aliphatic carbocycles. The molecule has 0 spiro atoms. The molecule has 0 fully saturated rings. The first-order valence-electron chi connectivity index (χ1n) is 4.29. The molecule has 0 radical (unpaired) electrons. The lowest BCUT2D eigenvalue weighted by Crippen LogP contribution is -1.83. The number of fused-ring (bicyclic) bond motifs is 3. The van der Waals surface area contributed by atoms with E-state index in [9.17, 15) is 0 Å². The summed E-state index contributed by atoms with van der Waals surface area (Å²) in [6, 6.07) is 4.01. The van der Waals surface area contributed by atoms with Crippen LogP contribution in [-0.2, 0) is 0 Å². The fourth-order valence-corrected chi connectivity index (χ4v) is 2.44. The summed E-state index contributed by atoms with van der Waals surface area (Å²) in [7, 11) is 1.88. The monoisotopic (exact) mass is 204 g/mol. The Morgan fingerprint density at radius 1 is 1.43 bits per heavy atom. The van der Waals surface area contributed by atoms with Crippen molar-refractivity contribution in [3.05, 3.63) is 18.3 Å². The average Bonchev–Trinajstić information content (AvgIpc) is 2.82. The van der Waals surface area contributed by atoms with E-state index in [0.717, 1.165) is 21.6 Å². The van der Waals surface area contributed by atoms with Crippen molar-refractivity contribution in [1.29, 1.82) is 0 Å². The first kappa shape index (κ1) is 7.75. The van der Waals surface area contributed by atoms with E-state index in [-0.39, 0.29) is 0 Å². The molecule has 3 rings (SSSR count). The van der Waals surface area contributed by atoms with E-state index < -0.39 is 0 Å². The Balaban J connectivity index is 2.49. The van der Waals surface area contributed by atoms with Gasteiger partial charge in [-0.2, -0.15) is 5.10 Å². The summed E-state index contributed by atoms with van der Waals surface area (Å²) in [6.07, 6.45) is 1.84. The number of nitrogens with one attached hydrogen (secondary N) is 2. The van der Waals surface area contributed by atoms with Crippen LogP contribution in [0.2, 0.25) is 0 Å². The SMILES string of the molecule is CNc1nc2ccc3[nH]ncc3c2s1. The Kier molecular flexibility index (Phi) is 1.49. The number of benzene rings is 1. The zero-order valence-electron chi connectivity index (χ0n) is 7.53. The third-order valence-corrected chi connectivity index (χ3v) is 3.31. The number of rotatable bonds is 1. The Morgan fingerprint density at radius 2 is 2.36 bits per heavy atom. The lowest BCUT2D eigenvalue weighted by Gasteiger charge is -1.87. The number of H-pyrrole nitrogens is 1. The lowest BCUT2D eigenvalue weighted by molar-refractivity contribution is 1.12. The van der Waals surface area contributed by atoms with E-state index >= 15 is 0 Å². The molecule has 0 atom stereocenters. The van der Waals surface area contributed by atoms with E-state index in [1.165, 1.54) is 4.70 Å². The van der Waals surface area contributed by atoms with Gasteiger partial charge in [-0.1, -0.05) is 11.3 Å². The largest absolute Gasteiger partial charge is 0.365 e. The number of aromatic nitrogens is 3. The molecule has 1 aromatic carbocycles. The van der Waals surface area contributed by atoms with Gasteiger partial charge in [0.15, 0.2) is 5.13 Å². The molecule has 2 N–H and O–H groups in total. The minimum atomic E-state index is 0.939. The van der Waals surface area contributed by atoms with Gasteiger partial charge in [0.1, 0.15) is 0 Å². The van der Waals surface area contributed by atoms with Gasteiger partial charge in [0.25, 0.3) is 0 Å². The maximum Gasteiger partial charge on any atom is 0.183 e. The average molecular weight is 204 g/mol. The third kappa shape index (κ3) is 0.927. The van der Waals surface area contributed by atoms with Gasteiger partial charge in [-0.25, -0.2) is 4.98 Å². The van der Waals surface area contributed by atoms with Gasteiger partial charge in [0, 0.05) is 12.4 Å². The van der Waals surface area contributed by atoms with Crippen LogP contribution in [0.5, 0.6) is 0 Å². The Bertz CT molecular complexity index is 595. The maximum atomic E-state index is 4.43. The van der Waals surface area contributed by atoms with Crippen LogP contribution >= 0.6 is 11.3 Å². The van der Waals surface area contributed by atoms with Gasteiger partial charge in [-0.15, -0.1) is 0 Å². The summed E-state index contributed by atoms with van der Waals surface area (Å²) in [5, 5.41) is 12.1. The molecule has 4 nitrogen and oxygen atoms in total. The van der Waals surface area contributed by atoms with Crippen molar-refractivity contribution < 1.29 is 0 Å². The van der Waals surface area contributed by atoms with Crippen LogP contribution in [0.3, 0.4) is 0 Å². The van der Waals surface area contributed by atoms with Gasteiger partial charge in [-0.05, 0) is 12.1 Å². The van der Waals surface area contributed by atoms with Gasteiger partial charge in [0.05, 0.1) is 21.9 Å². The summed E-state index contributed by atoms with van der Waals surface area (Å²) in [5.74, 6) is 0. The second-order valence-corrected chi connectivity index (χ2v) is 4.01. The van der Waals surface area contributed by atoms with Crippen molar-refractivity contribution in [2.24, 2.45) is 0 Å². The smallest absolute Gasteiger partial charge is 0.183 e. The molecule has 70 valence electrons. The molecule has 0 amide bonds. The predicted molar refractivity (Wildman–Crippen MR) is 58.8 cm³/mol. The van der Waals surface area contributed by atoms with Crippen LogP contribution in [0.1, 0.15) is 0 Å². The standard InChI is InChI=1S/C9H8N4S/c1-10-9-12-7-3-2-6-5(4-11-13-6)8(7)14-9/h2-4H,1H3,(H,10,12)(H,11,13). The van der Waals surface area contributed by atoms with Crippen LogP contribution < -0.4 is 5.32 Å². The molecule has 5 heteroatoms. The molecule has 0 saturated carbocycles. The lowest BCUT2D eigenvalue weighted by atomic mass is 10.2. The van der Waals surface area contributed by atoms with Crippen molar-refractivity contribution in [2.75, 3.05) is 12.4 Å². The first-order valence-corrected chi connectivity index (χ1v) is 5.10. The second kappa shape index (κ2) is 2.68. The molecule has 0 aliphatic heterocycles. The van der Waals surface area contributed by atoms with Gasteiger partial charge < -0.3 is 5.32 Å². The molecule has 3 aromatic rings. The quantitative estimate of drug-likeness (QED) is 0.639. The van der Waals surface area contributed by atoms with E-state index in [1.807, 2.05) is 25.4 Å². The van der Waals surface area contributed by atoms with E-state index in [1.54, 1.807) is 11.3 Å². The summed E-state index contributed by atoms with van der Waals surface area (Å²) in [4.78, 5) is 4.43. The van der Waals surface area contributed by atoms with E-state index in [4.69, 9.17) is 0 Å². The van der Waals surface area contributed by atoms with Crippen LogP contribution in [0.4, 0.5) is 5.13 Å². The molecule has 2 aromatic heterocycles. The summed E-state index contributed by atoms with van der Waals surface area (Å²) in [5.41, 5.74) is 2.08. The van der Waals surface area contributed by atoms with E-state index in [0.29, 0.717) is 0 Å². The molecule has 14 heavy (non-hydrogen) atoms. The Morgan fingerprint density at radius 3 is 3.21 bits per heavy atom.